The molecule has 0 aliphatic carbocycles. The highest BCUT2D eigenvalue weighted by molar-refractivity contribution is 5.93. The average Bonchev–Trinajstić information content (AvgIpc) is 2.57. The Morgan fingerprint density at radius 3 is 2.46 bits per heavy atom. The van der Waals surface area contributed by atoms with E-state index in [1.807, 2.05) is 6.92 Å². The first-order valence-electron chi connectivity index (χ1n) is 7.82. The minimum atomic E-state index is -1.19. The highest BCUT2D eigenvalue weighted by Crippen LogP contribution is 2.20. The third-order valence-electron chi connectivity index (χ3n) is 3.59. The lowest BCUT2D eigenvalue weighted by molar-refractivity contribution is -0.114. The Labute approximate surface area is 149 Å². The molecule has 0 heterocycles. The number of carbonyl (C=O) groups is 2. The van der Waals surface area contributed by atoms with Gasteiger partial charge in [0.25, 0.3) is 0 Å². The van der Waals surface area contributed by atoms with Gasteiger partial charge in [-0.2, -0.15) is 0 Å². The van der Waals surface area contributed by atoms with Crippen molar-refractivity contribution in [1.29, 1.82) is 0 Å². The van der Waals surface area contributed by atoms with Crippen molar-refractivity contribution in [2.75, 3.05) is 17.2 Å². The summed E-state index contributed by atoms with van der Waals surface area (Å²) in [5.41, 5.74) is 1.99. The van der Waals surface area contributed by atoms with Crippen molar-refractivity contribution in [2.45, 2.75) is 20.0 Å². The Balaban J connectivity index is 1.94. The number of halogens is 2. The van der Waals surface area contributed by atoms with Crippen molar-refractivity contribution < 1.29 is 23.5 Å². The Kier molecular flexibility index (Phi) is 6.24. The molecule has 1 unspecified atom stereocenters. The summed E-state index contributed by atoms with van der Waals surface area (Å²) in [4.78, 5) is 23.1. The summed E-state index contributed by atoms with van der Waals surface area (Å²) in [5, 5.41) is 17.6. The van der Waals surface area contributed by atoms with E-state index in [2.05, 4.69) is 16.0 Å². The van der Waals surface area contributed by atoms with E-state index in [1.165, 1.54) is 13.0 Å². The van der Waals surface area contributed by atoms with Crippen molar-refractivity contribution in [3.05, 3.63) is 59.2 Å². The first kappa shape index (κ1) is 19.3. The second-order valence-corrected chi connectivity index (χ2v) is 5.74. The fraction of sp³-hybridized carbons (Fsp3) is 0.222. The number of benzene rings is 2. The van der Waals surface area contributed by atoms with E-state index in [9.17, 15) is 23.5 Å². The van der Waals surface area contributed by atoms with E-state index in [1.54, 1.807) is 18.2 Å². The second kappa shape index (κ2) is 8.39. The lowest BCUT2D eigenvalue weighted by atomic mass is 10.1. The van der Waals surface area contributed by atoms with Crippen LogP contribution in [-0.2, 0) is 4.79 Å². The summed E-state index contributed by atoms with van der Waals surface area (Å²) in [6.07, 6.45) is -1.19. The van der Waals surface area contributed by atoms with Gasteiger partial charge in [-0.3, -0.25) is 4.79 Å². The zero-order valence-electron chi connectivity index (χ0n) is 14.3. The number of aliphatic hydroxyl groups is 1. The third kappa shape index (κ3) is 5.25. The van der Waals surface area contributed by atoms with Gasteiger partial charge in [0.15, 0.2) is 11.6 Å². The van der Waals surface area contributed by atoms with Crippen LogP contribution in [0.25, 0.3) is 0 Å². The number of nitrogens with one attached hydrogen (secondary N) is 3. The molecule has 0 radical (unpaired) electrons. The molecule has 0 bridgehead atoms. The normalized spacial score (nSPS) is 11.6. The van der Waals surface area contributed by atoms with Gasteiger partial charge in [0, 0.05) is 24.8 Å². The maximum Gasteiger partial charge on any atom is 0.319 e. The maximum absolute atomic E-state index is 13.2. The van der Waals surface area contributed by atoms with E-state index in [0.717, 1.165) is 17.7 Å². The van der Waals surface area contributed by atoms with Gasteiger partial charge in [0.05, 0.1) is 6.10 Å². The quantitative estimate of drug-likeness (QED) is 0.658. The fourth-order valence-electron chi connectivity index (χ4n) is 2.23. The van der Waals surface area contributed by atoms with Gasteiger partial charge in [-0.05, 0) is 42.3 Å². The van der Waals surface area contributed by atoms with Gasteiger partial charge in [-0.15, -0.1) is 0 Å². The summed E-state index contributed by atoms with van der Waals surface area (Å²) in [5.74, 6) is -2.32. The van der Waals surface area contributed by atoms with E-state index >= 15 is 0 Å². The molecule has 6 nitrogen and oxygen atoms in total. The monoisotopic (exact) mass is 363 g/mol. The molecule has 26 heavy (non-hydrogen) atoms. The lowest BCUT2D eigenvalue weighted by Crippen LogP contribution is -2.32. The minimum absolute atomic E-state index is 0.146. The Bertz CT molecular complexity index is 827. The number of aliphatic hydroxyl groups excluding tert-OH is 1. The number of hydrogen-bond acceptors (Lipinski definition) is 3. The third-order valence-corrected chi connectivity index (χ3v) is 3.59. The van der Waals surface area contributed by atoms with Crippen LogP contribution in [0.1, 0.15) is 24.2 Å². The van der Waals surface area contributed by atoms with Gasteiger partial charge in [-0.25, -0.2) is 13.6 Å². The molecule has 2 aromatic rings. The van der Waals surface area contributed by atoms with Crippen molar-refractivity contribution in [3.8, 4) is 0 Å². The van der Waals surface area contributed by atoms with Crippen LogP contribution < -0.4 is 16.0 Å². The molecule has 0 aliphatic rings. The molecule has 0 spiro atoms. The summed E-state index contributed by atoms with van der Waals surface area (Å²) in [6.45, 7) is 3.00. The van der Waals surface area contributed by atoms with Gasteiger partial charge in [0.1, 0.15) is 0 Å². The van der Waals surface area contributed by atoms with Crippen LogP contribution in [0.5, 0.6) is 0 Å². The topological polar surface area (TPSA) is 90.5 Å². The van der Waals surface area contributed by atoms with Gasteiger partial charge >= 0.3 is 6.03 Å². The molecule has 0 fully saturated rings. The average molecular weight is 363 g/mol. The van der Waals surface area contributed by atoms with E-state index in [-0.39, 0.29) is 18.0 Å². The second-order valence-electron chi connectivity index (χ2n) is 5.74. The van der Waals surface area contributed by atoms with E-state index in [0.29, 0.717) is 11.4 Å². The number of carbonyl (C=O) groups excluding carboxylic acids is 2. The molecular weight excluding hydrogens is 344 g/mol. The number of hydrogen-bond donors (Lipinski definition) is 4. The van der Waals surface area contributed by atoms with Crippen molar-refractivity contribution in [2.24, 2.45) is 0 Å². The number of anilines is 2. The van der Waals surface area contributed by atoms with Gasteiger partial charge in [0.2, 0.25) is 5.91 Å². The summed E-state index contributed by atoms with van der Waals surface area (Å²) in [7, 11) is 0. The Hall–Kier alpha value is -3.00. The molecule has 0 saturated heterocycles. The highest BCUT2D eigenvalue weighted by atomic mass is 19.2. The first-order chi connectivity index (χ1) is 12.3. The number of urea groups is 1. The molecule has 1 atom stereocenters. The first-order valence-corrected chi connectivity index (χ1v) is 7.82. The van der Waals surface area contributed by atoms with Crippen LogP contribution in [0, 0.1) is 18.6 Å². The molecule has 2 rings (SSSR count). The summed E-state index contributed by atoms with van der Waals surface area (Å²) < 4.78 is 26.1. The van der Waals surface area contributed by atoms with Crippen LogP contribution in [0.3, 0.4) is 0 Å². The minimum Gasteiger partial charge on any atom is -0.387 e. The van der Waals surface area contributed by atoms with Crippen LogP contribution in [0.15, 0.2) is 36.4 Å². The number of amides is 3. The molecular formula is C18H19F2N3O3. The van der Waals surface area contributed by atoms with E-state index < -0.39 is 23.8 Å². The molecule has 0 aliphatic heterocycles. The number of rotatable bonds is 5. The molecule has 0 saturated carbocycles. The van der Waals surface area contributed by atoms with Crippen molar-refractivity contribution >= 4 is 23.3 Å². The van der Waals surface area contributed by atoms with Crippen LogP contribution in [0.2, 0.25) is 0 Å². The van der Waals surface area contributed by atoms with Gasteiger partial charge in [-0.1, -0.05) is 12.1 Å². The standard InChI is InChI=1S/C18H19F2N3O3/c1-10-3-5-13(8-16(10)22-11(2)24)23-18(26)21-9-17(25)12-4-6-14(19)15(20)7-12/h3-8,17,25H,9H2,1-2H3,(H,22,24)(H2,21,23,26). The molecule has 4 N–H and O–H groups in total. The maximum atomic E-state index is 13.2. The van der Waals surface area contributed by atoms with E-state index in [4.69, 9.17) is 0 Å². The van der Waals surface area contributed by atoms with Crippen LogP contribution >= 0.6 is 0 Å². The molecule has 0 aromatic heterocycles. The Morgan fingerprint density at radius 1 is 1.08 bits per heavy atom. The van der Waals surface area contributed by atoms with Crippen molar-refractivity contribution in [3.63, 3.8) is 0 Å². The van der Waals surface area contributed by atoms with Crippen molar-refractivity contribution in [1.82, 2.24) is 5.32 Å². The number of aryl methyl sites for hydroxylation is 1. The van der Waals surface area contributed by atoms with Crippen LogP contribution in [-0.4, -0.2) is 23.6 Å². The SMILES string of the molecule is CC(=O)Nc1cc(NC(=O)NCC(O)c2ccc(F)c(F)c2)ccc1C. The Morgan fingerprint density at radius 2 is 1.81 bits per heavy atom. The predicted octanol–water partition coefficient (Wildman–Crippen LogP) is 3.09. The molecule has 8 heteroatoms. The molecule has 3 amide bonds. The largest absolute Gasteiger partial charge is 0.387 e. The van der Waals surface area contributed by atoms with Gasteiger partial charge < -0.3 is 21.1 Å². The zero-order valence-corrected chi connectivity index (χ0v) is 14.3. The predicted molar refractivity (Wildman–Crippen MR) is 93.8 cm³/mol. The smallest absolute Gasteiger partial charge is 0.319 e. The molecule has 2 aromatic carbocycles. The van der Waals surface area contributed by atoms with Crippen LogP contribution in [0.4, 0.5) is 25.0 Å². The zero-order chi connectivity index (χ0) is 19.3. The lowest BCUT2D eigenvalue weighted by Gasteiger charge is -2.14. The summed E-state index contributed by atoms with van der Waals surface area (Å²) >= 11 is 0. The molecule has 138 valence electrons. The highest BCUT2D eigenvalue weighted by Gasteiger charge is 2.12. The fourth-order valence-corrected chi connectivity index (χ4v) is 2.23. The summed E-state index contributed by atoms with van der Waals surface area (Å²) in [6, 6.07) is 7.42.